The van der Waals surface area contributed by atoms with Gasteiger partial charge in [0.15, 0.2) is 0 Å². The molecule has 0 amide bonds. The zero-order chi connectivity index (χ0) is 15.6. The lowest BCUT2D eigenvalue weighted by molar-refractivity contribution is -0.384. The van der Waals surface area contributed by atoms with Gasteiger partial charge in [-0.25, -0.2) is 4.79 Å². The fourth-order valence-electron chi connectivity index (χ4n) is 2.60. The maximum Gasteiger partial charge on any atom is 0.340 e. The molecule has 1 aliphatic carbocycles. The molecule has 0 N–H and O–H groups in total. The zero-order valence-corrected chi connectivity index (χ0v) is 12.8. The summed E-state index contributed by atoms with van der Waals surface area (Å²) in [4.78, 5) is 22.4. The predicted octanol–water partition coefficient (Wildman–Crippen LogP) is 4.23. The van der Waals surface area contributed by atoms with Crippen LogP contribution in [0.1, 0.15) is 43.5 Å². The molecule has 0 radical (unpaired) electrons. The molecule has 3 unspecified atom stereocenters. The van der Waals surface area contributed by atoms with Gasteiger partial charge in [-0.05, 0) is 37.2 Å². The summed E-state index contributed by atoms with van der Waals surface area (Å²) < 4.78 is 5.47. The summed E-state index contributed by atoms with van der Waals surface area (Å²) in [5.41, 5.74) is -0.117. The summed E-state index contributed by atoms with van der Waals surface area (Å²) in [6, 6.07) is 3.78. The Kier molecular flexibility index (Phi) is 4.83. The Morgan fingerprint density at radius 3 is 2.67 bits per heavy atom. The normalized spacial score (nSPS) is 25.4. The van der Waals surface area contributed by atoms with E-state index in [1.807, 2.05) is 0 Å². The summed E-state index contributed by atoms with van der Waals surface area (Å²) in [5, 5.41) is 10.9. The van der Waals surface area contributed by atoms with E-state index in [1.165, 1.54) is 18.2 Å². The Morgan fingerprint density at radius 1 is 1.33 bits per heavy atom. The molecule has 0 heterocycles. The average molecular weight is 312 g/mol. The molecule has 21 heavy (non-hydrogen) atoms. The third-order valence-electron chi connectivity index (χ3n) is 4.20. The number of nitrogens with zero attached hydrogens (tertiary/aromatic N) is 1. The summed E-state index contributed by atoms with van der Waals surface area (Å²) in [5.74, 6) is 0.536. The van der Waals surface area contributed by atoms with Crippen LogP contribution in [0.15, 0.2) is 18.2 Å². The van der Waals surface area contributed by atoms with Gasteiger partial charge < -0.3 is 4.74 Å². The highest BCUT2D eigenvalue weighted by Crippen LogP contribution is 2.32. The molecule has 1 saturated carbocycles. The summed E-state index contributed by atoms with van der Waals surface area (Å²) in [6.07, 6.45) is 2.52. The molecule has 1 fully saturated rings. The van der Waals surface area contributed by atoms with Crippen LogP contribution in [0.25, 0.3) is 0 Å². The van der Waals surface area contributed by atoms with E-state index < -0.39 is 10.9 Å². The molecule has 0 aliphatic heterocycles. The van der Waals surface area contributed by atoms with Gasteiger partial charge in [-0.2, -0.15) is 0 Å². The molecule has 0 spiro atoms. The van der Waals surface area contributed by atoms with Crippen LogP contribution in [-0.4, -0.2) is 17.0 Å². The monoisotopic (exact) mass is 311 g/mol. The Hall–Kier alpha value is -1.62. The fourth-order valence-corrected chi connectivity index (χ4v) is 2.80. The number of hydrogen-bond acceptors (Lipinski definition) is 4. The van der Waals surface area contributed by atoms with E-state index in [1.54, 1.807) is 0 Å². The lowest BCUT2D eigenvalue weighted by Crippen LogP contribution is -2.28. The van der Waals surface area contributed by atoms with Gasteiger partial charge in [-0.1, -0.05) is 25.4 Å². The number of carbonyl (C=O) groups excluding carboxylic acids is 1. The van der Waals surface area contributed by atoms with Crippen molar-refractivity contribution < 1.29 is 14.5 Å². The Balaban J connectivity index is 2.10. The minimum Gasteiger partial charge on any atom is -0.459 e. The smallest absolute Gasteiger partial charge is 0.340 e. The van der Waals surface area contributed by atoms with Gasteiger partial charge in [0.25, 0.3) is 5.69 Å². The van der Waals surface area contributed by atoms with Crippen molar-refractivity contribution >= 4 is 23.3 Å². The van der Waals surface area contributed by atoms with Crippen molar-refractivity contribution in [3.63, 3.8) is 0 Å². The van der Waals surface area contributed by atoms with Crippen LogP contribution in [0.4, 0.5) is 5.69 Å². The molecule has 0 saturated heterocycles. The first-order valence-electron chi connectivity index (χ1n) is 7.03. The molecule has 1 aliphatic rings. The third-order valence-corrected chi connectivity index (χ3v) is 4.53. The van der Waals surface area contributed by atoms with Crippen molar-refractivity contribution in [1.29, 1.82) is 0 Å². The molecular weight excluding hydrogens is 294 g/mol. The van der Waals surface area contributed by atoms with Gasteiger partial charge in [-0.3, -0.25) is 10.1 Å². The molecule has 5 nitrogen and oxygen atoms in total. The van der Waals surface area contributed by atoms with Gasteiger partial charge in [0, 0.05) is 12.1 Å². The number of benzene rings is 1. The highest BCUT2D eigenvalue weighted by atomic mass is 35.5. The Bertz CT molecular complexity index is 561. The summed E-state index contributed by atoms with van der Waals surface area (Å²) >= 11 is 5.94. The average Bonchev–Trinajstić information content (AvgIpc) is 2.43. The quantitative estimate of drug-likeness (QED) is 0.476. The van der Waals surface area contributed by atoms with E-state index >= 15 is 0 Å². The van der Waals surface area contributed by atoms with Crippen molar-refractivity contribution in [3.05, 3.63) is 38.9 Å². The maximum atomic E-state index is 12.2. The van der Waals surface area contributed by atoms with E-state index in [4.69, 9.17) is 16.3 Å². The van der Waals surface area contributed by atoms with Crippen LogP contribution < -0.4 is 0 Å². The minimum absolute atomic E-state index is 0.0529. The molecule has 0 aromatic heterocycles. The second-order valence-corrected chi connectivity index (χ2v) is 6.12. The molecule has 114 valence electrons. The number of esters is 1. The molecule has 6 heteroatoms. The molecular formula is C15H18ClNO4. The van der Waals surface area contributed by atoms with Crippen LogP contribution >= 0.6 is 11.6 Å². The SMILES string of the molecule is CC1CCC(OC(=O)c2cc([N+](=O)[O-])ccc2Cl)CC1C. The highest BCUT2D eigenvalue weighted by molar-refractivity contribution is 6.33. The molecule has 3 atom stereocenters. The van der Waals surface area contributed by atoms with Crippen molar-refractivity contribution in [3.8, 4) is 0 Å². The standard InChI is InChI=1S/C15H18ClNO4/c1-9-3-5-12(7-10(9)2)21-15(18)13-8-11(17(19)20)4-6-14(13)16/h4,6,8-10,12H,3,5,7H2,1-2H3. The Morgan fingerprint density at radius 2 is 2.05 bits per heavy atom. The number of ether oxygens (including phenoxy) is 1. The second-order valence-electron chi connectivity index (χ2n) is 5.72. The van der Waals surface area contributed by atoms with Gasteiger partial charge >= 0.3 is 5.97 Å². The molecule has 2 rings (SSSR count). The maximum absolute atomic E-state index is 12.2. The molecule has 0 bridgehead atoms. The van der Waals surface area contributed by atoms with Gasteiger partial charge in [0.2, 0.25) is 0 Å². The number of carbonyl (C=O) groups is 1. The number of nitro benzene ring substituents is 1. The van der Waals surface area contributed by atoms with E-state index in [-0.39, 0.29) is 22.4 Å². The van der Waals surface area contributed by atoms with Crippen LogP contribution in [0.2, 0.25) is 5.02 Å². The topological polar surface area (TPSA) is 69.4 Å². The number of halogens is 1. The summed E-state index contributed by atoms with van der Waals surface area (Å²) in [7, 11) is 0. The van der Waals surface area contributed by atoms with E-state index in [9.17, 15) is 14.9 Å². The number of hydrogen-bond donors (Lipinski definition) is 0. The third kappa shape index (κ3) is 3.73. The van der Waals surface area contributed by atoms with Crippen molar-refractivity contribution in [2.75, 3.05) is 0 Å². The first kappa shape index (κ1) is 15.8. The van der Waals surface area contributed by atoms with Gasteiger partial charge in [-0.15, -0.1) is 0 Å². The van der Waals surface area contributed by atoms with Crippen LogP contribution in [0.5, 0.6) is 0 Å². The first-order chi connectivity index (χ1) is 9.88. The van der Waals surface area contributed by atoms with E-state index in [0.29, 0.717) is 11.8 Å². The lowest BCUT2D eigenvalue weighted by atomic mass is 9.80. The Labute approximate surface area is 128 Å². The van der Waals surface area contributed by atoms with E-state index in [2.05, 4.69) is 13.8 Å². The summed E-state index contributed by atoms with van der Waals surface area (Å²) in [6.45, 7) is 4.34. The van der Waals surface area contributed by atoms with Gasteiger partial charge in [0.05, 0.1) is 15.5 Å². The number of nitro groups is 1. The highest BCUT2D eigenvalue weighted by Gasteiger charge is 2.28. The van der Waals surface area contributed by atoms with Crippen molar-refractivity contribution in [2.24, 2.45) is 11.8 Å². The zero-order valence-electron chi connectivity index (χ0n) is 12.0. The lowest BCUT2D eigenvalue weighted by Gasteiger charge is -2.31. The van der Waals surface area contributed by atoms with Crippen LogP contribution in [0.3, 0.4) is 0 Å². The van der Waals surface area contributed by atoms with Crippen molar-refractivity contribution in [2.45, 2.75) is 39.2 Å². The van der Waals surface area contributed by atoms with Crippen molar-refractivity contribution in [1.82, 2.24) is 0 Å². The molecule has 1 aromatic carbocycles. The number of rotatable bonds is 3. The van der Waals surface area contributed by atoms with Gasteiger partial charge in [0.1, 0.15) is 6.10 Å². The second kappa shape index (κ2) is 6.43. The van der Waals surface area contributed by atoms with E-state index in [0.717, 1.165) is 19.3 Å². The predicted molar refractivity (Wildman–Crippen MR) is 79.5 cm³/mol. The first-order valence-corrected chi connectivity index (χ1v) is 7.41. The largest absolute Gasteiger partial charge is 0.459 e. The van der Waals surface area contributed by atoms with Crippen LogP contribution in [0, 0.1) is 22.0 Å². The van der Waals surface area contributed by atoms with Crippen LogP contribution in [-0.2, 0) is 4.74 Å². The fraction of sp³-hybridized carbons (Fsp3) is 0.533. The minimum atomic E-state index is -0.588. The number of non-ortho nitro benzene ring substituents is 1. The molecule has 1 aromatic rings.